The van der Waals surface area contributed by atoms with Gasteiger partial charge < -0.3 is 10.6 Å². The summed E-state index contributed by atoms with van der Waals surface area (Å²) in [4.78, 5) is 18.1. The highest BCUT2D eigenvalue weighted by Gasteiger charge is 2.23. The fourth-order valence-corrected chi connectivity index (χ4v) is 2.70. The second-order valence-electron chi connectivity index (χ2n) is 4.20. The largest absolute Gasteiger partial charge is 0.399 e. The van der Waals surface area contributed by atoms with Crippen molar-refractivity contribution in [2.75, 3.05) is 25.1 Å². The first kappa shape index (κ1) is 12.2. The van der Waals surface area contributed by atoms with Crippen molar-refractivity contribution in [3.63, 3.8) is 0 Å². The van der Waals surface area contributed by atoms with E-state index in [1.807, 2.05) is 16.7 Å². The normalized spacial score (nSPS) is 17.1. The zero-order valence-electron chi connectivity index (χ0n) is 9.93. The van der Waals surface area contributed by atoms with Gasteiger partial charge in [0.25, 0.3) is 5.91 Å². The maximum atomic E-state index is 12.1. The number of nitrogens with two attached hydrogens (primary N) is 1. The number of carbonyl (C=O) groups excluding carboxylic acids is 1. The van der Waals surface area contributed by atoms with Gasteiger partial charge in [0.15, 0.2) is 0 Å². The van der Waals surface area contributed by atoms with Crippen molar-refractivity contribution in [2.24, 2.45) is 0 Å². The molecule has 0 atom stereocenters. The second-order valence-corrected chi connectivity index (χ2v) is 5.34. The van der Waals surface area contributed by atoms with E-state index in [4.69, 9.17) is 5.73 Å². The van der Waals surface area contributed by atoms with Gasteiger partial charge in [0.1, 0.15) is 5.69 Å². The van der Waals surface area contributed by atoms with Crippen LogP contribution in [0.3, 0.4) is 0 Å². The fraction of sp³-hybridized carbons (Fsp3) is 0.500. The highest BCUT2D eigenvalue weighted by Crippen LogP contribution is 2.22. The molecule has 1 aromatic rings. The Hall–Kier alpha value is -1.23. The van der Waals surface area contributed by atoms with Crippen molar-refractivity contribution < 1.29 is 4.79 Å². The maximum Gasteiger partial charge on any atom is 0.272 e. The number of pyridine rings is 1. The van der Waals surface area contributed by atoms with Crippen LogP contribution in [0.25, 0.3) is 0 Å². The van der Waals surface area contributed by atoms with Crippen LogP contribution >= 0.6 is 11.8 Å². The van der Waals surface area contributed by atoms with E-state index in [2.05, 4.69) is 11.2 Å². The maximum absolute atomic E-state index is 12.1. The molecule has 0 saturated carbocycles. The standard InChI is InChI=1S/C12H17N3OS/c1-17-10-3-6-15(7-4-10)12(16)11-8-9(13)2-5-14-11/h2,5,8,10H,3-4,6-7H2,1H3,(H2,13,14). The lowest BCUT2D eigenvalue weighted by Gasteiger charge is -2.30. The van der Waals surface area contributed by atoms with Gasteiger partial charge in [-0.15, -0.1) is 0 Å². The van der Waals surface area contributed by atoms with Gasteiger partial charge >= 0.3 is 0 Å². The molecule has 0 aliphatic carbocycles. The van der Waals surface area contributed by atoms with Gasteiger partial charge in [-0.3, -0.25) is 9.78 Å². The molecule has 0 spiro atoms. The van der Waals surface area contributed by atoms with Gasteiger partial charge in [-0.1, -0.05) is 0 Å². The summed E-state index contributed by atoms with van der Waals surface area (Å²) in [6.07, 6.45) is 5.84. The number of piperidine rings is 1. The number of nitrogen functional groups attached to an aromatic ring is 1. The lowest BCUT2D eigenvalue weighted by Crippen LogP contribution is -2.39. The number of thioether (sulfide) groups is 1. The number of hydrogen-bond donors (Lipinski definition) is 1. The van der Waals surface area contributed by atoms with Gasteiger partial charge in [0.05, 0.1) is 0 Å². The third-order valence-corrected chi connectivity index (χ3v) is 4.20. The van der Waals surface area contributed by atoms with Crippen LogP contribution in [-0.2, 0) is 0 Å². The van der Waals surface area contributed by atoms with Gasteiger partial charge in [-0.05, 0) is 31.2 Å². The number of nitrogens with zero attached hydrogens (tertiary/aromatic N) is 2. The number of amides is 1. The molecule has 1 fully saturated rings. The topological polar surface area (TPSA) is 59.2 Å². The van der Waals surface area contributed by atoms with E-state index < -0.39 is 0 Å². The minimum atomic E-state index is -0.00291. The SMILES string of the molecule is CSC1CCN(C(=O)c2cc(N)ccn2)CC1. The van der Waals surface area contributed by atoms with Crippen molar-refractivity contribution in [1.82, 2.24) is 9.88 Å². The van der Waals surface area contributed by atoms with Crippen molar-refractivity contribution in [1.29, 1.82) is 0 Å². The van der Waals surface area contributed by atoms with Crippen LogP contribution in [0.4, 0.5) is 5.69 Å². The van der Waals surface area contributed by atoms with E-state index in [1.165, 1.54) is 0 Å². The van der Waals surface area contributed by atoms with Crippen LogP contribution in [0.5, 0.6) is 0 Å². The summed E-state index contributed by atoms with van der Waals surface area (Å²) in [5.41, 5.74) is 6.69. The first-order valence-electron chi connectivity index (χ1n) is 5.74. The zero-order valence-corrected chi connectivity index (χ0v) is 10.7. The van der Waals surface area contributed by atoms with Gasteiger partial charge in [0, 0.05) is 30.2 Å². The molecule has 1 aliphatic heterocycles. The Kier molecular flexibility index (Phi) is 3.89. The predicted octanol–water partition coefficient (Wildman–Crippen LogP) is 1.63. The number of hydrogen-bond acceptors (Lipinski definition) is 4. The van der Waals surface area contributed by atoms with E-state index in [9.17, 15) is 4.79 Å². The Morgan fingerprint density at radius 1 is 1.53 bits per heavy atom. The van der Waals surface area contributed by atoms with Crippen LogP contribution < -0.4 is 5.73 Å². The Morgan fingerprint density at radius 2 is 2.24 bits per heavy atom. The molecule has 1 aliphatic rings. The molecule has 1 saturated heterocycles. The number of rotatable bonds is 2. The Labute approximate surface area is 106 Å². The highest BCUT2D eigenvalue weighted by molar-refractivity contribution is 7.99. The second kappa shape index (κ2) is 5.40. The first-order chi connectivity index (χ1) is 8.20. The quantitative estimate of drug-likeness (QED) is 0.868. The molecule has 2 rings (SSSR count). The molecule has 2 heterocycles. The van der Waals surface area contributed by atoms with E-state index in [0.29, 0.717) is 16.6 Å². The molecule has 5 heteroatoms. The van der Waals surface area contributed by atoms with Crippen molar-refractivity contribution in [3.05, 3.63) is 24.0 Å². The van der Waals surface area contributed by atoms with Gasteiger partial charge in [0.2, 0.25) is 0 Å². The molecule has 17 heavy (non-hydrogen) atoms. The molecular formula is C12H17N3OS. The van der Waals surface area contributed by atoms with Crippen LogP contribution in [0.2, 0.25) is 0 Å². The third kappa shape index (κ3) is 2.91. The third-order valence-electron chi connectivity index (χ3n) is 3.07. The number of likely N-dealkylation sites (tertiary alicyclic amines) is 1. The van der Waals surface area contributed by atoms with Crippen molar-refractivity contribution in [2.45, 2.75) is 18.1 Å². The summed E-state index contributed by atoms with van der Waals surface area (Å²) in [5.74, 6) is -0.00291. The lowest BCUT2D eigenvalue weighted by atomic mass is 10.1. The Morgan fingerprint density at radius 3 is 2.82 bits per heavy atom. The summed E-state index contributed by atoms with van der Waals surface area (Å²) >= 11 is 1.88. The van der Waals surface area contributed by atoms with Crippen LogP contribution in [0.15, 0.2) is 18.3 Å². The molecule has 0 bridgehead atoms. The van der Waals surface area contributed by atoms with E-state index in [0.717, 1.165) is 25.9 Å². The predicted molar refractivity (Wildman–Crippen MR) is 71.1 cm³/mol. The molecule has 0 aromatic carbocycles. The Bertz CT molecular complexity index is 402. The van der Waals surface area contributed by atoms with Crippen LogP contribution in [0, 0.1) is 0 Å². The molecule has 0 unspecified atom stereocenters. The first-order valence-corrected chi connectivity index (χ1v) is 7.03. The number of aromatic nitrogens is 1. The molecule has 2 N–H and O–H groups in total. The van der Waals surface area contributed by atoms with Crippen LogP contribution in [0.1, 0.15) is 23.3 Å². The number of anilines is 1. The minimum absolute atomic E-state index is 0.00291. The van der Waals surface area contributed by atoms with Crippen molar-refractivity contribution in [3.8, 4) is 0 Å². The monoisotopic (exact) mass is 251 g/mol. The van der Waals surface area contributed by atoms with E-state index in [-0.39, 0.29) is 5.91 Å². The van der Waals surface area contributed by atoms with E-state index in [1.54, 1.807) is 18.3 Å². The minimum Gasteiger partial charge on any atom is -0.399 e. The van der Waals surface area contributed by atoms with Crippen LogP contribution in [-0.4, -0.2) is 40.4 Å². The average Bonchev–Trinajstić information content (AvgIpc) is 2.38. The summed E-state index contributed by atoms with van der Waals surface area (Å²) in [5, 5.41) is 0.688. The Balaban J connectivity index is 2.02. The summed E-state index contributed by atoms with van der Waals surface area (Å²) in [6.45, 7) is 1.64. The molecular weight excluding hydrogens is 234 g/mol. The highest BCUT2D eigenvalue weighted by atomic mass is 32.2. The van der Waals surface area contributed by atoms with Gasteiger partial charge in [-0.25, -0.2) is 0 Å². The fourth-order valence-electron chi connectivity index (χ4n) is 2.02. The molecule has 4 nitrogen and oxygen atoms in total. The summed E-state index contributed by atoms with van der Waals surface area (Å²) < 4.78 is 0. The zero-order chi connectivity index (χ0) is 12.3. The molecule has 92 valence electrons. The summed E-state index contributed by atoms with van der Waals surface area (Å²) in [7, 11) is 0. The van der Waals surface area contributed by atoms with E-state index >= 15 is 0 Å². The molecule has 0 radical (unpaired) electrons. The molecule has 1 amide bonds. The summed E-state index contributed by atoms with van der Waals surface area (Å²) in [6, 6.07) is 3.33. The van der Waals surface area contributed by atoms with Gasteiger partial charge in [-0.2, -0.15) is 11.8 Å². The smallest absolute Gasteiger partial charge is 0.272 e. The lowest BCUT2D eigenvalue weighted by molar-refractivity contribution is 0.0721. The average molecular weight is 251 g/mol. The van der Waals surface area contributed by atoms with Crippen molar-refractivity contribution >= 4 is 23.4 Å². The molecule has 1 aromatic heterocycles. The number of carbonyl (C=O) groups is 1.